The van der Waals surface area contributed by atoms with Crippen LogP contribution in [0.3, 0.4) is 0 Å². The van der Waals surface area contributed by atoms with Crippen molar-refractivity contribution in [1.82, 2.24) is 0 Å². The topological polar surface area (TPSA) is 17.1 Å². The number of halogens is 6. The standard InChI is InChI=1S/C15H14F6O/c1-13(2,3)12(22)5-4-9-6-10(14(16,17)18)8-11(7-9)15(19,20)21/h4-8H,1-3H3. The summed E-state index contributed by atoms with van der Waals surface area (Å²) < 4.78 is 76.0. The number of hydrogen-bond donors (Lipinski definition) is 0. The zero-order valence-electron chi connectivity index (χ0n) is 12.1. The van der Waals surface area contributed by atoms with E-state index >= 15 is 0 Å². The Balaban J connectivity index is 3.31. The largest absolute Gasteiger partial charge is 0.416 e. The summed E-state index contributed by atoms with van der Waals surface area (Å²) in [5, 5.41) is 0. The number of rotatable bonds is 2. The van der Waals surface area contributed by atoms with Crippen molar-refractivity contribution in [3.05, 3.63) is 41.0 Å². The van der Waals surface area contributed by atoms with E-state index in [1.165, 1.54) is 0 Å². The molecule has 1 nitrogen and oxygen atoms in total. The minimum atomic E-state index is -4.90. The molecule has 0 saturated heterocycles. The quantitative estimate of drug-likeness (QED) is 0.529. The highest BCUT2D eigenvalue weighted by molar-refractivity contribution is 5.97. The van der Waals surface area contributed by atoms with E-state index in [0.29, 0.717) is 12.1 Å². The molecule has 0 unspecified atom stereocenters. The van der Waals surface area contributed by atoms with Crippen LogP contribution < -0.4 is 0 Å². The van der Waals surface area contributed by atoms with Crippen molar-refractivity contribution in [3.63, 3.8) is 0 Å². The molecule has 0 aromatic heterocycles. The van der Waals surface area contributed by atoms with E-state index in [0.717, 1.165) is 12.2 Å². The second-order valence-electron chi connectivity index (χ2n) is 5.79. The second-order valence-corrected chi connectivity index (χ2v) is 5.79. The van der Waals surface area contributed by atoms with Crippen LogP contribution in [-0.2, 0) is 17.1 Å². The third kappa shape index (κ3) is 4.89. The van der Waals surface area contributed by atoms with Crippen LogP contribution >= 0.6 is 0 Å². The average molecular weight is 324 g/mol. The van der Waals surface area contributed by atoms with Gasteiger partial charge in [-0.3, -0.25) is 4.79 Å². The van der Waals surface area contributed by atoms with E-state index < -0.39 is 34.7 Å². The van der Waals surface area contributed by atoms with Gasteiger partial charge in [0.05, 0.1) is 11.1 Å². The minimum Gasteiger partial charge on any atom is -0.294 e. The van der Waals surface area contributed by atoms with Gasteiger partial charge in [-0.2, -0.15) is 26.3 Å². The van der Waals surface area contributed by atoms with Gasteiger partial charge in [-0.05, 0) is 29.8 Å². The third-order valence-electron chi connectivity index (χ3n) is 2.78. The van der Waals surface area contributed by atoms with Crippen LogP contribution in [0.25, 0.3) is 6.08 Å². The molecule has 1 aromatic carbocycles. The molecule has 0 radical (unpaired) electrons. The zero-order chi connectivity index (χ0) is 17.3. The molecule has 0 bridgehead atoms. The molecular formula is C15H14F6O. The summed E-state index contributed by atoms with van der Waals surface area (Å²) in [6, 6.07) is 1.19. The number of ketones is 1. The number of allylic oxidation sites excluding steroid dienone is 1. The first-order valence-electron chi connectivity index (χ1n) is 6.23. The Kier molecular flexibility index (Phi) is 4.79. The molecule has 0 saturated carbocycles. The molecule has 22 heavy (non-hydrogen) atoms. The summed E-state index contributed by atoms with van der Waals surface area (Å²) in [7, 11) is 0. The lowest BCUT2D eigenvalue weighted by Gasteiger charge is -2.14. The highest BCUT2D eigenvalue weighted by Crippen LogP contribution is 2.36. The van der Waals surface area contributed by atoms with Crippen molar-refractivity contribution in [2.45, 2.75) is 33.1 Å². The summed E-state index contributed by atoms with van der Waals surface area (Å²) in [6.07, 6.45) is -7.87. The predicted octanol–water partition coefficient (Wildman–Crippen LogP) is 5.35. The Morgan fingerprint density at radius 2 is 1.27 bits per heavy atom. The number of carbonyl (C=O) groups excluding carboxylic acids is 1. The fourth-order valence-electron chi connectivity index (χ4n) is 1.50. The van der Waals surface area contributed by atoms with Crippen molar-refractivity contribution in [1.29, 1.82) is 0 Å². The Bertz CT molecular complexity index is 555. The number of alkyl halides is 6. The molecule has 0 aliphatic carbocycles. The first kappa shape index (κ1) is 18.3. The van der Waals surface area contributed by atoms with Gasteiger partial charge >= 0.3 is 12.4 Å². The molecule has 0 heterocycles. The summed E-state index contributed by atoms with van der Waals surface area (Å²) in [6.45, 7) is 4.77. The van der Waals surface area contributed by atoms with Gasteiger partial charge in [0.1, 0.15) is 0 Å². The Morgan fingerprint density at radius 3 is 1.59 bits per heavy atom. The van der Waals surface area contributed by atoms with Gasteiger partial charge in [0, 0.05) is 5.41 Å². The van der Waals surface area contributed by atoms with Crippen LogP contribution in [0.2, 0.25) is 0 Å². The zero-order valence-corrected chi connectivity index (χ0v) is 12.1. The monoisotopic (exact) mass is 324 g/mol. The molecular weight excluding hydrogens is 310 g/mol. The molecule has 122 valence electrons. The van der Waals surface area contributed by atoms with Crippen molar-refractivity contribution in [2.75, 3.05) is 0 Å². The van der Waals surface area contributed by atoms with Gasteiger partial charge < -0.3 is 0 Å². The van der Waals surface area contributed by atoms with Gasteiger partial charge in [-0.15, -0.1) is 0 Å². The fraction of sp³-hybridized carbons (Fsp3) is 0.400. The number of carbonyl (C=O) groups is 1. The van der Waals surface area contributed by atoms with Crippen LogP contribution in [0.5, 0.6) is 0 Å². The molecule has 0 spiro atoms. The smallest absolute Gasteiger partial charge is 0.294 e. The van der Waals surface area contributed by atoms with Gasteiger partial charge in [0.15, 0.2) is 5.78 Å². The van der Waals surface area contributed by atoms with Crippen LogP contribution in [-0.4, -0.2) is 5.78 Å². The minimum absolute atomic E-state index is 0.0446. The van der Waals surface area contributed by atoms with E-state index in [-0.39, 0.29) is 11.6 Å². The van der Waals surface area contributed by atoms with Gasteiger partial charge in [0.25, 0.3) is 0 Å². The van der Waals surface area contributed by atoms with Crippen molar-refractivity contribution >= 4 is 11.9 Å². The molecule has 0 N–H and O–H groups in total. The van der Waals surface area contributed by atoms with Crippen molar-refractivity contribution in [2.24, 2.45) is 5.41 Å². The molecule has 0 fully saturated rings. The maximum absolute atomic E-state index is 12.7. The van der Waals surface area contributed by atoms with E-state index in [4.69, 9.17) is 0 Å². The van der Waals surface area contributed by atoms with Gasteiger partial charge in [-0.25, -0.2) is 0 Å². The number of benzene rings is 1. The molecule has 1 rings (SSSR count). The van der Waals surface area contributed by atoms with E-state index in [2.05, 4.69) is 0 Å². The van der Waals surface area contributed by atoms with Crippen LogP contribution in [0.1, 0.15) is 37.5 Å². The van der Waals surface area contributed by atoms with Gasteiger partial charge in [-0.1, -0.05) is 26.8 Å². The van der Waals surface area contributed by atoms with Gasteiger partial charge in [0.2, 0.25) is 0 Å². The molecule has 0 amide bonds. The highest BCUT2D eigenvalue weighted by atomic mass is 19.4. The van der Waals surface area contributed by atoms with E-state index in [9.17, 15) is 31.1 Å². The molecule has 7 heteroatoms. The second kappa shape index (κ2) is 5.78. The summed E-state index contributed by atoms with van der Waals surface area (Å²) in [5.74, 6) is -0.404. The highest BCUT2D eigenvalue weighted by Gasteiger charge is 2.36. The lowest BCUT2D eigenvalue weighted by Crippen LogP contribution is -2.17. The van der Waals surface area contributed by atoms with Crippen LogP contribution in [0.4, 0.5) is 26.3 Å². The van der Waals surface area contributed by atoms with E-state index in [1.54, 1.807) is 20.8 Å². The van der Waals surface area contributed by atoms with Crippen LogP contribution in [0, 0.1) is 5.41 Å². The molecule has 0 aliphatic heterocycles. The van der Waals surface area contributed by atoms with Crippen molar-refractivity contribution < 1.29 is 31.1 Å². The lowest BCUT2D eigenvalue weighted by atomic mass is 9.90. The average Bonchev–Trinajstić information content (AvgIpc) is 2.32. The fourth-order valence-corrected chi connectivity index (χ4v) is 1.50. The Labute approximate surface area is 123 Å². The maximum Gasteiger partial charge on any atom is 0.416 e. The molecule has 1 aromatic rings. The van der Waals surface area contributed by atoms with Crippen molar-refractivity contribution in [3.8, 4) is 0 Å². The first-order chi connectivity index (χ1) is 9.71. The lowest BCUT2D eigenvalue weighted by molar-refractivity contribution is -0.143. The van der Waals surface area contributed by atoms with Crippen LogP contribution in [0.15, 0.2) is 24.3 Å². The Morgan fingerprint density at radius 1 is 0.864 bits per heavy atom. The van der Waals surface area contributed by atoms with E-state index in [1.807, 2.05) is 0 Å². The summed E-state index contributed by atoms with van der Waals surface area (Å²) in [4.78, 5) is 11.7. The third-order valence-corrected chi connectivity index (χ3v) is 2.78. The normalized spacial score (nSPS) is 13.7. The molecule has 0 atom stereocenters. The summed E-state index contributed by atoms with van der Waals surface area (Å²) >= 11 is 0. The summed E-state index contributed by atoms with van der Waals surface area (Å²) in [5.41, 5.74) is -3.93. The maximum atomic E-state index is 12.7. The Hall–Kier alpha value is -1.79. The first-order valence-corrected chi connectivity index (χ1v) is 6.23. The molecule has 0 aliphatic rings. The SMILES string of the molecule is CC(C)(C)C(=O)C=Cc1cc(C(F)(F)F)cc(C(F)(F)F)c1. The number of hydrogen-bond acceptors (Lipinski definition) is 1. The predicted molar refractivity (Wildman–Crippen MR) is 69.9 cm³/mol.